The van der Waals surface area contributed by atoms with Gasteiger partial charge in [0.2, 0.25) is 0 Å². The second kappa shape index (κ2) is 6.79. The Kier molecular flexibility index (Phi) is 5.06. The lowest BCUT2D eigenvalue weighted by atomic mass is 10.1. The standard InChI is InChI=1S/C14H18ClFN2O2/c1-2-20-14(19)18-7-5-10(6-8-18)17-11-3-4-13(16)12(15)9-11/h3-4,9-10,17H,2,5-8H2,1H3. The summed E-state index contributed by atoms with van der Waals surface area (Å²) in [6, 6.07) is 4.84. The fourth-order valence-corrected chi connectivity index (χ4v) is 2.42. The second-order valence-corrected chi connectivity index (χ2v) is 5.14. The highest BCUT2D eigenvalue weighted by Crippen LogP contribution is 2.22. The van der Waals surface area contributed by atoms with Gasteiger partial charge in [0.25, 0.3) is 0 Å². The number of carbonyl (C=O) groups is 1. The van der Waals surface area contributed by atoms with E-state index in [4.69, 9.17) is 16.3 Å². The molecule has 0 bridgehead atoms. The highest BCUT2D eigenvalue weighted by Gasteiger charge is 2.23. The molecule has 6 heteroatoms. The lowest BCUT2D eigenvalue weighted by Crippen LogP contribution is -2.42. The van der Waals surface area contributed by atoms with Gasteiger partial charge in [-0.25, -0.2) is 9.18 Å². The number of hydrogen-bond donors (Lipinski definition) is 1. The number of benzene rings is 1. The van der Waals surface area contributed by atoms with Crippen molar-refractivity contribution < 1.29 is 13.9 Å². The number of hydrogen-bond acceptors (Lipinski definition) is 3. The zero-order valence-electron chi connectivity index (χ0n) is 11.4. The first-order valence-electron chi connectivity index (χ1n) is 6.73. The van der Waals surface area contributed by atoms with Crippen LogP contribution in [0.5, 0.6) is 0 Å². The maximum Gasteiger partial charge on any atom is 0.409 e. The summed E-state index contributed by atoms with van der Waals surface area (Å²) in [5.41, 5.74) is 0.797. The van der Waals surface area contributed by atoms with Gasteiger partial charge in [-0.3, -0.25) is 0 Å². The van der Waals surface area contributed by atoms with Crippen LogP contribution in [0.1, 0.15) is 19.8 Å². The zero-order chi connectivity index (χ0) is 14.5. The summed E-state index contributed by atoms with van der Waals surface area (Å²) in [5, 5.41) is 3.42. The number of ether oxygens (including phenoxy) is 1. The quantitative estimate of drug-likeness (QED) is 0.929. The van der Waals surface area contributed by atoms with E-state index < -0.39 is 5.82 Å². The third-order valence-corrected chi connectivity index (χ3v) is 3.60. The Morgan fingerprint density at radius 2 is 2.20 bits per heavy atom. The summed E-state index contributed by atoms with van der Waals surface area (Å²) in [7, 11) is 0. The molecule has 1 heterocycles. The number of piperidine rings is 1. The van der Waals surface area contributed by atoms with Crippen LogP contribution in [0.4, 0.5) is 14.9 Å². The van der Waals surface area contributed by atoms with Crippen molar-refractivity contribution in [1.82, 2.24) is 4.90 Å². The molecule has 1 N–H and O–H groups in total. The number of rotatable bonds is 3. The van der Waals surface area contributed by atoms with E-state index in [-0.39, 0.29) is 17.2 Å². The molecule has 1 fully saturated rings. The van der Waals surface area contributed by atoms with E-state index >= 15 is 0 Å². The molecule has 0 unspecified atom stereocenters. The van der Waals surface area contributed by atoms with E-state index in [1.54, 1.807) is 24.0 Å². The number of carbonyl (C=O) groups excluding carboxylic acids is 1. The number of nitrogens with zero attached hydrogens (tertiary/aromatic N) is 1. The number of anilines is 1. The summed E-state index contributed by atoms with van der Waals surface area (Å²) in [6.45, 7) is 3.51. The molecule has 1 aliphatic heterocycles. The largest absolute Gasteiger partial charge is 0.450 e. The Morgan fingerprint density at radius 1 is 1.50 bits per heavy atom. The van der Waals surface area contributed by atoms with Crippen molar-refractivity contribution >= 4 is 23.4 Å². The number of halogens is 2. The van der Waals surface area contributed by atoms with Gasteiger partial charge in [0.1, 0.15) is 5.82 Å². The molecule has 0 aromatic heterocycles. The Hall–Kier alpha value is -1.49. The van der Waals surface area contributed by atoms with Crippen molar-refractivity contribution in [3.63, 3.8) is 0 Å². The summed E-state index contributed by atoms with van der Waals surface area (Å²) in [4.78, 5) is 13.3. The predicted octanol–water partition coefficient (Wildman–Crippen LogP) is 3.51. The first kappa shape index (κ1) is 14.9. The third kappa shape index (κ3) is 3.76. The Morgan fingerprint density at radius 3 is 2.80 bits per heavy atom. The molecule has 4 nitrogen and oxygen atoms in total. The Bertz CT molecular complexity index is 476. The average molecular weight is 301 g/mol. The summed E-state index contributed by atoms with van der Waals surface area (Å²) in [5.74, 6) is -0.422. The molecule has 0 saturated carbocycles. The minimum atomic E-state index is -0.422. The topological polar surface area (TPSA) is 41.6 Å². The molecule has 0 atom stereocenters. The Labute approximate surface area is 122 Å². The van der Waals surface area contributed by atoms with Crippen LogP contribution in [-0.2, 0) is 4.74 Å². The van der Waals surface area contributed by atoms with Gasteiger partial charge in [0.05, 0.1) is 11.6 Å². The summed E-state index contributed by atoms with van der Waals surface area (Å²) >= 11 is 5.75. The number of likely N-dealkylation sites (tertiary alicyclic amines) is 1. The first-order valence-corrected chi connectivity index (χ1v) is 7.11. The lowest BCUT2D eigenvalue weighted by molar-refractivity contribution is 0.0983. The van der Waals surface area contributed by atoms with Crippen molar-refractivity contribution in [2.24, 2.45) is 0 Å². The van der Waals surface area contributed by atoms with Crippen LogP contribution in [-0.4, -0.2) is 36.7 Å². The van der Waals surface area contributed by atoms with E-state index in [1.807, 2.05) is 0 Å². The van der Waals surface area contributed by atoms with Gasteiger partial charge in [-0.1, -0.05) is 11.6 Å². The monoisotopic (exact) mass is 300 g/mol. The van der Waals surface area contributed by atoms with Crippen molar-refractivity contribution in [3.8, 4) is 0 Å². The van der Waals surface area contributed by atoms with Gasteiger partial charge in [-0.15, -0.1) is 0 Å². The maximum absolute atomic E-state index is 13.1. The molecule has 1 amide bonds. The van der Waals surface area contributed by atoms with E-state index in [0.717, 1.165) is 18.5 Å². The highest BCUT2D eigenvalue weighted by atomic mass is 35.5. The molecule has 2 rings (SSSR count). The maximum atomic E-state index is 13.1. The van der Waals surface area contributed by atoms with Crippen LogP contribution >= 0.6 is 11.6 Å². The average Bonchev–Trinajstić information content (AvgIpc) is 2.44. The molecular weight excluding hydrogens is 283 g/mol. The molecular formula is C14H18ClFN2O2. The fraction of sp³-hybridized carbons (Fsp3) is 0.500. The predicted molar refractivity (Wildman–Crippen MR) is 76.6 cm³/mol. The van der Waals surface area contributed by atoms with Crippen LogP contribution < -0.4 is 5.32 Å². The zero-order valence-corrected chi connectivity index (χ0v) is 12.1. The van der Waals surface area contributed by atoms with E-state index in [9.17, 15) is 9.18 Å². The smallest absolute Gasteiger partial charge is 0.409 e. The van der Waals surface area contributed by atoms with Gasteiger partial charge in [-0.2, -0.15) is 0 Å². The molecule has 1 saturated heterocycles. The highest BCUT2D eigenvalue weighted by molar-refractivity contribution is 6.31. The Balaban J connectivity index is 1.85. The molecule has 110 valence electrons. The molecule has 1 aromatic rings. The molecule has 0 spiro atoms. The van der Waals surface area contributed by atoms with Crippen molar-refractivity contribution in [3.05, 3.63) is 29.0 Å². The molecule has 1 aromatic carbocycles. The van der Waals surface area contributed by atoms with Gasteiger partial charge >= 0.3 is 6.09 Å². The molecule has 20 heavy (non-hydrogen) atoms. The van der Waals surface area contributed by atoms with Gasteiger partial charge < -0.3 is 15.0 Å². The van der Waals surface area contributed by atoms with Gasteiger partial charge in [0, 0.05) is 24.8 Å². The first-order chi connectivity index (χ1) is 9.60. The molecule has 1 aliphatic rings. The SMILES string of the molecule is CCOC(=O)N1CCC(Nc2ccc(F)c(Cl)c2)CC1. The van der Waals surface area contributed by atoms with Gasteiger partial charge in [-0.05, 0) is 38.0 Å². The minimum Gasteiger partial charge on any atom is -0.450 e. The van der Waals surface area contributed by atoms with Crippen molar-refractivity contribution in [1.29, 1.82) is 0 Å². The third-order valence-electron chi connectivity index (χ3n) is 3.31. The van der Waals surface area contributed by atoms with Crippen LogP contribution in [0.25, 0.3) is 0 Å². The van der Waals surface area contributed by atoms with Crippen LogP contribution in [0.2, 0.25) is 5.02 Å². The number of amides is 1. The lowest BCUT2D eigenvalue weighted by Gasteiger charge is -2.32. The fourth-order valence-electron chi connectivity index (χ4n) is 2.24. The summed E-state index contributed by atoms with van der Waals surface area (Å²) in [6.07, 6.45) is 1.40. The minimum absolute atomic E-state index is 0.110. The van der Waals surface area contributed by atoms with E-state index in [2.05, 4.69) is 5.32 Å². The van der Waals surface area contributed by atoms with E-state index in [1.165, 1.54) is 6.07 Å². The van der Waals surface area contributed by atoms with Crippen molar-refractivity contribution in [2.75, 3.05) is 25.0 Å². The van der Waals surface area contributed by atoms with Crippen molar-refractivity contribution in [2.45, 2.75) is 25.8 Å². The second-order valence-electron chi connectivity index (χ2n) is 4.73. The van der Waals surface area contributed by atoms with Gasteiger partial charge in [0.15, 0.2) is 0 Å². The van der Waals surface area contributed by atoms with E-state index in [0.29, 0.717) is 19.7 Å². The molecule has 0 radical (unpaired) electrons. The van der Waals surface area contributed by atoms with Crippen LogP contribution in [0.15, 0.2) is 18.2 Å². The number of nitrogens with one attached hydrogen (secondary N) is 1. The van der Waals surface area contributed by atoms with Crippen LogP contribution in [0.3, 0.4) is 0 Å². The normalized spacial score (nSPS) is 16.1. The summed E-state index contributed by atoms with van der Waals surface area (Å²) < 4.78 is 18.0. The van der Waals surface area contributed by atoms with Crippen LogP contribution in [0, 0.1) is 5.82 Å². The molecule has 0 aliphatic carbocycles.